The highest BCUT2D eigenvalue weighted by Crippen LogP contribution is 2.36. The van der Waals surface area contributed by atoms with Gasteiger partial charge in [0, 0.05) is 43.9 Å². The van der Waals surface area contributed by atoms with Crippen molar-refractivity contribution in [3.05, 3.63) is 59.2 Å². The van der Waals surface area contributed by atoms with E-state index in [0.29, 0.717) is 24.2 Å². The maximum atomic E-state index is 13.6. The fourth-order valence-electron chi connectivity index (χ4n) is 5.26. The summed E-state index contributed by atoms with van der Waals surface area (Å²) in [6, 6.07) is 10.1. The number of hydrogen-bond acceptors (Lipinski definition) is 4. The van der Waals surface area contributed by atoms with Crippen LogP contribution in [0, 0.1) is 6.92 Å². The normalized spacial score (nSPS) is 19.5. The van der Waals surface area contributed by atoms with Gasteiger partial charge in [-0.2, -0.15) is 5.10 Å². The summed E-state index contributed by atoms with van der Waals surface area (Å²) in [5.41, 5.74) is 3.76. The Bertz CT molecular complexity index is 1210. The summed E-state index contributed by atoms with van der Waals surface area (Å²) in [6.45, 7) is 6.40. The van der Waals surface area contributed by atoms with Crippen LogP contribution in [0.5, 0.6) is 0 Å². The Kier molecular flexibility index (Phi) is 5.31. The minimum absolute atomic E-state index is 0.0175. The Morgan fingerprint density at radius 3 is 2.52 bits per heavy atom. The van der Waals surface area contributed by atoms with Gasteiger partial charge in [-0.05, 0) is 33.6 Å². The minimum atomic E-state index is -0.158. The molecule has 0 aliphatic carbocycles. The van der Waals surface area contributed by atoms with Crippen LogP contribution < -0.4 is 5.32 Å². The molecule has 0 saturated carbocycles. The van der Waals surface area contributed by atoms with Gasteiger partial charge in [0.1, 0.15) is 11.5 Å². The topological polar surface area (TPSA) is 85.1 Å². The zero-order valence-corrected chi connectivity index (χ0v) is 19.6. The molecule has 1 aromatic carbocycles. The van der Waals surface area contributed by atoms with E-state index in [4.69, 9.17) is 4.98 Å². The number of nitrogens with zero attached hydrogens (tertiary/aromatic N) is 5. The van der Waals surface area contributed by atoms with Gasteiger partial charge in [-0.1, -0.05) is 30.3 Å². The van der Waals surface area contributed by atoms with Gasteiger partial charge in [0.2, 0.25) is 0 Å². The van der Waals surface area contributed by atoms with Gasteiger partial charge >= 0.3 is 0 Å². The number of carbonyl (C=O) groups is 2. The van der Waals surface area contributed by atoms with Crippen molar-refractivity contribution in [2.75, 3.05) is 0 Å². The zero-order valence-electron chi connectivity index (χ0n) is 19.6. The Balaban J connectivity index is 1.57. The van der Waals surface area contributed by atoms with Crippen molar-refractivity contribution in [2.24, 2.45) is 7.05 Å². The SMILES string of the molecule is Cc1nn(C)cc1C(=O)N1[C@@H]2CC[C@H]1Cc1c(C(=O)NC(C)C)nc(-c3ccccc3)n1C2. The summed E-state index contributed by atoms with van der Waals surface area (Å²) in [6.07, 6.45) is 4.28. The maximum absolute atomic E-state index is 13.6. The third-order valence-corrected chi connectivity index (χ3v) is 6.66. The van der Waals surface area contributed by atoms with Gasteiger partial charge in [-0.3, -0.25) is 14.3 Å². The van der Waals surface area contributed by atoms with Gasteiger partial charge in [0.05, 0.1) is 23.0 Å². The zero-order chi connectivity index (χ0) is 23.3. The van der Waals surface area contributed by atoms with Gasteiger partial charge in [-0.25, -0.2) is 4.98 Å². The van der Waals surface area contributed by atoms with Crippen LogP contribution in [0.2, 0.25) is 0 Å². The van der Waals surface area contributed by atoms with Crippen LogP contribution in [0.4, 0.5) is 0 Å². The fraction of sp³-hybridized carbons (Fsp3) is 0.440. The molecule has 1 fully saturated rings. The van der Waals surface area contributed by atoms with E-state index in [1.807, 2.05) is 63.1 Å². The first-order valence-corrected chi connectivity index (χ1v) is 11.6. The molecule has 2 aliphatic rings. The summed E-state index contributed by atoms with van der Waals surface area (Å²) < 4.78 is 3.86. The Morgan fingerprint density at radius 2 is 1.85 bits per heavy atom. The Labute approximate surface area is 193 Å². The molecule has 3 aromatic rings. The van der Waals surface area contributed by atoms with Gasteiger partial charge in [-0.15, -0.1) is 0 Å². The molecule has 2 aromatic heterocycles. The van der Waals surface area contributed by atoms with Crippen molar-refractivity contribution in [3.63, 3.8) is 0 Å². The molecule has 2 atom stereocenters. The number of aromatic nitrogens is 4. The quantitative estimate of drug-likeness (QED) is 0.668. The average molecular weight is 447 g/mol. The van der Waals surface area contributed by atoms with E-state index >= 15 is 0 Å². The maximum Gasteiger partial charge on any atom is 0.271 e. The standard InChI is InChI=1S/C25H30N6O2/c1-15(2)26-24(32)22-21-12-18-10-11-19(31(18)25(33)20-14-29(4)28-16(20)3)13-30(21)23(27-22)17-8-6-5-7-9-17/h5-9,14-15,18-19H,10-13H2,1-4H3,(H,26,32)/t18-,19+/m0/s1. The number of hydrogen-bond donors (Lipinski definition) is 1. The molecule has 0 radical (unpaired) electrons. The molecular formula is C25H30N6O2. The number of aryl methyl sites for hydroxylation is 2. The number of imidazole rings is 1. The smallest absolute Gasteiger partial charge is 0.271 e. The third-order valence-electron chi connectivity index (χ3n) is 6.66. The number of rotatable bonds is 4. The largest absolute Gasteiger partial charge is 0.348 e. The van der Waals surface area contributed by atoms with E-state index in [1.54, 1.807) is 10.9 Å². The van der Waals surface area contributed by atoms with Crippen molar-refractivity contribution in [1.82, 2.24) is 29.5 Å². The minimum Gasteiger partial charge on any atom is -0.348 e. The number of fused-ring (bicyclic) bond motifs is 3. The van der Waals surface area contributed by atoms with Crippen LogP contribution in [-0.4, -0.2) is 54.2 Å². The van der Waals surface area contributed by atoms with Crippen molar-refractivity contribution in [3.8, 4) is 11.4 Å². The molecule has 5 rings (SSSR count). The van der Waals surface area contributed by atoms with Crippen LogP contribution in [0.25, 0.3) is 11.4 Å². The molecule has 33 heavy (non-hydrogen) atoms. The lowest BCUT2D eigenvalue weighted by atomic mass is 10.0. The molecular weight excluding hydrogens is 416 g/mol. The van der Waals surface area contributed by atoms with Crippen LogP contribution >= 0.6 is 0 Å². The lowest BCUT2D eigenvalue weighted by Crippen LogP contribution is -2.42. The van der Waals surface area contributed by atoms with Gasteiger partial charge in [0.25, 0.3) is 11.8 Å². The lowest BCUT2D eigenvalue weighted by molar-refractivity contribution is 0.0665. The van der Waals surface area contributed by atoms with Crippen molar-refractivity contribution in [1.29, 1.82) is 0 Å². The highest BCUT2D eigenvalue weighted by molar-refractivity contribution is 5.96. The molecule has 8 heteroatoms. The first kappa shape index (κ1) is 21.4. The molecule has 1 saturated heterocycles. The number of nitrogens with one attached hydrogen (secondary N) is 1. The molecule has 2 aliphatic heterocycles. The number of amides is 2. The average Bonchev–Trinajstić information content (AvgIpc) is 3.39. The molecule has 0 unspecified atom stereocenters. The van der Waals surface area contributed by atoms with E-state index in [9.17, 15) is 9.59 Å². The van der Waals surface area contributed by atoms with Crippen LogP contribution in [-0.2, 0) is 20.0 Å². The van der Waals surface area contributed by atoms with Gasteiger partial charge in [0.15, 0.2) is 0 Å². The third kappa shape index (κ3) is 3.73. The van der Waals surface area contributed by atoms with Crippen LogP contribution in [0.1, 0.15) is 58.9 Å². The summed E-state index contributed by atoms with van der Waals surface area (Å²) in [7, 11) is 1.84. The number of carbonyl (C=O) groups excluding carboxylic acids is 2. The van der Waals surface area contributed by atoms with E-state index in [-0.39, 0.29) is 29.9 Å². The van der Waals surface area contributed by atoms with Crippen molar-refractivity contribution < 1.29 is 9.59 Å². The summed E-state index contributed by atoms with van der Waals surface area (Å²) in [5.74, 6) is 0.660. The second-order valence-corrected chi connectivity index (χ2v) is 9.44. The molecule has 8 nitrogen and oxygen atoms in total. The van der Waals surface area contributed by atoms with E-state index < -0.39 is 0 Å². The highest BCUT2D eigenvalue weighted by Gasteiger charge is 2.43. The van der Waals surface area contributed by atoms with Gasteiger partial charge < -0.3 is 14.8 Å². The van der Waals surface area contributed by atoms with Crippen LogP contribution in [0.15, 0.2) is 36.5 Å². The molecule has 0 spiro atoms. The summed E-state index contributed by atoms with van der Waals surface area (Å²) >= 11 is 0. The second-order valence-electron chi connectivity index (χ2n) is 9.44. The first-order valence-electron chi connectivity index (χ1n) is 11.6. The Morgan fingerprint density at radius 1 is 1.12 bits per heavy atom. The monoisotopic (exact) mass is 446 g/mol. The van der Waals surface area contributed by atoms with Crippen molar-refractivity contribution >= 4 is 11.8 Å². The predicted octanol–water partition coefficient (Wildman–Crippen LogP) is 2.96. The molecule has 172 valence electrons. The van der Waals surface area contributed by atoms with Crippen LogP contribution in [0.3, 0.4) is 0 Å². The summed E-state index contributed by atoms with van der Waals surface area (Å²) in [4.78, 5) is 33.6. The van der Waals surface area contributed by atoms with E-state index in [2.05, 4.69) is 15.0 Å². The van der Waals surface area contributed by atoms with E-state index in [0.717, 1.165) is 35.6 Å². The molecule has 2 bridgehead atoms. The fourth-order valence-corrected chi connectivity index (χ4v) is 5.26. The first-order chi connectivity index (χ1) is 15.8. The Hall–Kier alpha value is -3.42. The predicted molar refractivity (Wildman–Crippen MR) is 125 cm³/mol. The molecule has 1 N–H and O–H groups in total. The summed E-state index contributed by atoms with van der Waals surface area (Å²) in [5, 5.41) is 7.37. The lowest BCUT2D eigenvalue weighted by Gasteiger charge is -2.28. The second kappa shape index (κ2) is 8.17. The molecule has 2 amide bonds. The number of benzene rings is 1. The highest BCUT2D eigenvalue weighted by atomic mass is 16.2. The van der Waals surface area contributed by atoms with E-state index in [1.165, 1.54) is 0 Å². The molecule has 4 heterocycles. The van der Waals surface area contributed by atoms with Crippen molar-refractivity contribution in [2.45, 2.75) is 64.7 Å².